The molecule has 140 valence electrons. The normalized spacial score (nSPS) is 14.0. The van der Waals surface area contributed by atoms with Crippen molar-refractivity contribution in [3.63, 3.8) is 0 Å². The van der Waals surface area contributed by atoms with Crippen molar-refractivity contribution < 1.29 is 19.1 Å². The molecule has 0 atom stereocenters. The van der Waals surface area contributed by atoms with E-state index < -0.39 is 11.8 Å². The summed E-state index contributed by atoms with van der Waals surface area (Å²) in [6, 6.07) is 10.0. The monoisotopic (exact) mass is 406 g/mol. The Bertz CT molecular complexity index is 955. The Labute approximate surface area is 166 Å². The fourth-order valence-electron chi connectivity index (χ4n) is 2.64. The minimum absolute atomic E-state index is 0.0125. The van der Waals surface area contributed by atoms with Gasteiger partial charge >= 0.3 is 0 Å². The number of carbonyl (C=O) groups excluding carboxylic acids is 2. The number of hydrogen-bond donors (Lipinski definition) is 1. The summed E-state index contributed by atoms with van der Waals surface area (Å²) in [5.41, 5.74) is 1.55. The van der Waals surface area contributed by atoms with Crippen LogP contribution in [-0.4, -0.2) is 26.0 Å². The molecule has 3 rings (SSSR count). The van der Waals surface area contributed by atoms with Crippen LogP contribution in [0.25, 0.3) is 0 Å². The van der Waals surface area contributed by atoms with Gasteiger partial charge in [-0.15, -0.1) is 0 Å². The first-order valence-corrected chi connectivity index (χ1v) is 8.66. The van der Waals surface area contributed by atoms with Gasteiger partial charge in [-0.25, -0.2) is 4.90 Å². The van der Waals surface area contributed by atoms with Crippen LogP contribution < -0.4 is 19.7 Å². The topological polar surface area (TPSA) is 67.9 Å². The van der Waals surface area contributed by atoms with Gasteiger partial charge in [0.05, 0.1) is 19.9 Å². The van der Waals surface area contributed by atoms with E-state index in [-0.39, 0.29) is 16.4 Å². The van der Waals surface area contributed by atoms with E-state index in [0.29, 0.717) is 27.8 Å². The summed E-state index contributed by atoms with van der Waals surface area (Å²) in [5, 5.41) is 3.16. The Morgan fingerprint density at radius 3 is 2.22 bits per heavy atom. The molecule has 27 heavy (non-hydrogen) atoms. The molecule has 0 saturated heterocycles. The highest BCUT2D eigenvalue weighted by Gasteiger charge is 2.40. The fourth-order valence-corrected chi connectivity index (χ4v) is 3.00. The number of carbonyl (C=O) groups is 2. The number of halogens is 2. The lowest BCUT2D eigenvalue weighted by Gasteiger charge is -2.19. The summed E-state index contributed by atoms with van der Waals surface area (Å²) in [5.74, 6) is -0.265. The summed E-state index contributed by atoms with van der Waals surface area (Å²) in [6.07, 6.45) is 0. The number of imide groups is 1. The zero-order valence-electron chi connectivity index (χ0n) is 14.8. The largest absolute Gasteiger partial charge is 0.497 e. The standard InChI is InChI=1S/C19H16Cl2N2O4/c1-10-8-14(15(27-3)9-13(10)20)23-18(24)16(21)17(19(23)25)22-11-4-6-12(26-2)7-5-11/h4-9,22H,1-3H3. The highest BCUT2D eigenvalue weighted by Crippen LogP contribution is 2.38. The Morgan fingerprint density at radius 1 is 0.963 bits per heavy atom. The van der Waals surface area contributed by atoms with Crippen molar-refractivity contribution in [2.75, 3.05) is 24.4 Å². The van der Waals surface area contributed by atoms with E-state index in [0.717, 1.165) is 4.90 Å². The minimum Gasteiger partial charge on any atom is -0.497 e. The van der Waals surface area contributed by atoms with Crippen LogP contribution in [0.2, 0.25) is 5.02 Å². The number of ether oxygens (including phenoxy) is 2. The molecule has 1 aliphatic rings. The lowest BCUT2D eigenvalue weighted by molar-refractivity contribution is -0.120. The average Bonchev–Trinajstić information content (AvgIpc) is 2.87. The third kappa shape index (κ3) is 3.46. The molecule has 0 unspecified atom stereocenters. The molecular weight excluding hydrogens is 391 g/mol. The van der Waals surface area contributed by atoms with Crippen LogP contribution in [0.3, 0.4) is 0 Å². The number of benzene rings is 2. The quantitative estimate of drug-likeness (QED) is 0.756. The third-order valence-corrected chi connectivity index (χ3v) is 4.85. The molecule has 0 saturated carbocycles. The molecule has 0 bridgehead atoms. The predicted molar refractivity (Wildman–Crippen MR) is 105 cm³/mol. The number of aryl methyl sites for hydroxylation is 1. The molecule has 0 aromatic heterocycles. The predicted octanol–water partition coefficient (Wildman–Crippen LogP) is 4.10. The average molecular weight is 407 g/mol. The van der Waals surface area contributed by atoms with Gasteiger partial charge in [0.1, 0.15) is 22.2 Å². The van der Waals surface area contributed by atoms with Crippen molar-refractivity contribution >= 4 is 46.4 Å². The van der Waals surface area contributed by atoms with E-state index in [1.807, 2.05) is 0 Å². The van der Waals surface area contributed by atoms with Crippen molar-refractivity contribution in [2.24, 2.45) is 0 Å². The molecule has 8 heteroatoms. The molecule has 6 nitrogen and oxygen atoms in total. The molecule has 2 amide bonds. The number of anilines is 2. The van der Waals surface area contributed by atoms with Gasteiger partial charge in [0.25, 0.3) is 11.8 Å². The van der Waals surface area contributed by atoms with Crippen molar-refractivity contribution in [1.29, 1.82) is 0 Å². The first kappa shape index (κ1) is 19.1. The van der Waals surface area contributed by atoms with Gasteiger partial charge in [-0.1, -0.05) is 23.2 Å². The Morgan fingerprint density at radius 2 is 1.63 bits per heavy atom. The molecule has 1 aliphatic heterocycles. The lowest BCUT2D eigenvalue weighted by atomic mass is 10.2. The van der Waals surface area contributed by atoms with Crippen LogP contribution in [0.4, 0.5) is 11.4 Å². The van der Waals surface area contributed by atoms with Crippen LogP contribution in [-0.2, 0) is 9.59 Å². The van der Waals surface area contributed by atoms with E-state index in [4.69, 9.17) is 32.7 Å². The maximum Gasteiger partial charge on any atom is 0.283 e. The zero-order valence-corrected chi connectivity index (χ0v) is 16.3. The molecule has 0 aliphatic carbocycles. The number of amides is 2. The fraction of sp³-hybridized carbons (Fsp3) is 0.158. The smallest absolute Gasteiger partial charge is 0.283 e. The van der Waals surface area contributed by atoms with Crippen LogP contribution in [0.1, 0.15) is 5.56 Å². The number of rotatable bonds is 5. The number of nitrogens with zero attached hydrogens (tertiary/aromatic N) is 1. The van der Waals surface area contributed by atoms with Crippen LogP contribution in [0.15, 0.2) is 47.1 Å². The highest BCUT2D eigenvalue weighted by molar-refractivity contribution is 6.53. The van der Waals surface area contributed by atoms with Gasteiger partial charge in [0.15, 0.2) is 0 Å². The molecule has 0 fully saturated rings. The first-order chi connectivity index (χ1) is 12.9. The van der Waals surface area contributed by atoms with Crippen molar-refractivity contribution in [2.45, 2.75) is 6.92 Å². The summed E-state index contributed by atoms with van der Waals surface area (Å²) < 4.78 is 10.4. The number of methoxy groups -OCH3 is 2. The van der Waals surface area contributed by atoms with Gasteiger partial charge in [-0.2, -0.15) is 0 Å². The Balaban J connectivity index is 1.95. The van der Waals surface area contributed by atoms with Crippen molar-refractivity contribution in [1.82, 2.24) is 0 Å². The molecule has 2 aromatic rings. The highest BCUT2D eigenvalue weighted by atomic mass is 35.5. The second kappa shape index (κ2) is 7.50. The maximum absolute atomic E-state index is 12.9. The van der Waals surface area contributed by atoms with E-state index >= 15 is 0 Å². The molecular formula is C19H16Cl2N2O4. The second-order valence-corrected chi connectivity index (χ2v) is 6.55. The molecule has 0 spiro atoms. The van der Waals surface area contributed by atoms with Gasteiger partial charge < -0.3 is 14.8 Å². The third-order valence-electron chi connectivity index (χ3n) is 4.09. The van der Waals surface area contributed by atoms with E-state index in [9.17, 15) is 9.59 Å². The van der Waals surface area contributed by atoms with Gasteiger partial charge in [-0.05, 0) is 42.8 Å². The number of hydrogen-bond acceptors (Lipinski definition) is 5. The summed E-state index contributed by atoms with van der Waals surface area (Å²) >= 11 is 12.3. The Hall–Kier alpha value is -2.70. The van der Waals surface area contributed by atoms with Gasteiger partial charge in [-0.3, -0.25) is 9.59 Å². The van der Waals surface area contributed by atoms with Crippen molar-refractivity contribution in [3.05, 3.63) is 57.7 Å². The molecule has 1 heterocycles. The van der Waals surface area contributed by atoms with Crippen LogP contribution in [0, 0.1) is 6.92 Å². The SMILES string of the molecule is COc1ccc(NC2=C(Cl)C(=O)N(c3cc(C)c(Cl)cc3OC)C2=O)cc1. The molecule has 1 N–H and O–H groups in total. The number of nitrogens with one attached hydrogen (secondary N) is 1. The van der Waals surface area contributed by atoms with Crippen LogP contribution >= 0.6 is 23.2 Å². The molecule has 2 aromatic carbocycles. The van der Waals surface area contributed by atoms with E-state index in [1.165, 1.54) is 7.11 Å². The first-order valence-electron chi connectivity index (χ1n) is 7.91. The second-order valence-electron chi connectivity index (χ2n) is 5.76. The van der Waals surface area contributed by atoms with Gasteiger partial charge in [0, 0.05) is 16.8 Å². The summed E-state index contributed by atoms with van der Waals surface area (Å²) in [4.78, 5) is 26.5. The Kier molecular flexibility index (Phi) is 5.30. The summed E-state index contributed by atoms with van der Waals surface area (Å²) in [6.45, 7) is 1.77. The maximum atomic E-state index is 12.9. The van der Waals surface area contributed by atoms with Crippen molar-refractivity contribution in [3.8, 4) is 11.5 Å². The van der Waals surface area contributed by atoms with Crippen LogP contribution in [0.5, 0.6) is 11.5 Å². The summed E-state index contributed by atoms with van der Waals surface area (Å²) in [7, 11) is 2.99. The molecule has 0 radical (unpaired) electrons. The zero-order chi connectivity index (χ0) is 19.7. The van der Waals surface area contributed by atoms with E-state index in [2.05, 4.69) is 5.32 Å². The lowest BCUT2D eigenvalue weighted by Crippen LogP contribution is -2.32. The minimum atomic E-state index is -0.641. The van der Waals surface area contributed by atoms with Gasteiger partial charge in [0.2, 0.25) is 0 Å². The van der Waals surface area contributed by atoms with E-state index in [1.54, 1.807) is 50.4 Å².